The van der Waals surface area contributed by atoms with Crippen molar-refractivity contribution >= 4 is 11.8 Å². The molecular weight excluding hydrogens is 416 g/mol. The molecule has 0 saturated carbocycles. The van der Waals surface area contributed by atoms with Crippen LogP contribution in [0.15, 0.2) is 77.4 Å². The standard InChI is InChI=1S/C27H32N2O4/c1-4-21(2)29(27(31)24-14-8-9-15-25(24)32-3)20-26(30)28(19-23-13-10-18-33-23)17-16-22-11-6-5-7-12-22/h5-15,18,21H,4,16-17,19-20H2,1-3H3/t21-/m1/s1. The predicted octanol–water partition coefficient (Wildman–Crippen LogP) is 4.80. The van der Waals surface area contributed by atoms with Crippen LogP contribution >= 0.6 is 0 Å². The summed E-state index contributed by atoms with van der Waals surface area (Å²) >= 11 is 0. The third kappa shape index (κ3) is 6.48. The molecule has 0 aliphatic rings. The Hall–Kier alpha value is -3.54. The van der Waals surface area contributed by atoms with Gasteiger partial charge in [0.25, 0.3) is 5.91 Å². The van der Waals surface area contributed by atoms with E-state index in [9.17, 15) is 9.59 Å². The van der Waals surface area contributed by atoms with Crippen molar-refractivity contribution in [2.45, 2.75) is 39.3 Å². The molecular formula is C27H32N2O4. The molecule has 2 amide bonds. The summed E-state index contributed by atoms with van der Waals surface area (Å²) in [6, 6.07) is 20.7. The normalized spacial score (nSPS) is 11.6. The van der Waals surface area contributed by atoms with Crippen LogP contribution in [0.25, 0.3) is 0 Å². The molecule has 1 aromatic heterocycles. The van der Waals surface area contributed by atoms with Crippen LogP contribution in [0.5, 0.6) is 5.75 Å². The van der Waals surface area contributed by atoms with Gasteiger partial charge in [0.15, 0.2) is 0 Å². The Bertz CT molecular complexity index is 1020. The minimum absolute atomic E-state index is 0.0125. The number of rotatable bonds is 11. The highest BCUT2D eigenvalue weighted by Crippen LogP contribution is 2.21. The molecule has 1 atom stereocenters. The van der Waals surface area contributed by atoms with Gasteiger partial charge in [-0.15, -0.1) is 0 Å². The van der Waals surface area contributed by atoms with E-state index in [-0.39, 0.29) is 24.4 Å². The minimum atomic E-state index is -0.212. The zero-order valence-electron chi connectivity index (χ0n) is 19.6. The molecule has 2 aromatic carbocycles. The maximum atomic E-state index is 13.5. The lowest BCUT2D eigenvalue weighted by Gasteiger charge is -2.31. The van der Waals surface area contributed by atoms with Gasteiger partial charge in [-0.2, -0.15) is 0 Å². The van der Waals surface area contributed by atoms with Crippen LogP contribution < -0.4 is 4.74 Å². The molecule has 0 unspecified atom stereocenters. The van der Waals surface area contributed by atoms with Gasteiger partial charge in [0.1, 0.15) is 18.1 Å². The summed E-state index contributed by atoms with van der Waals surface area (Å²) in [6.45, 7) is 4.84. The predicted molar refractivity (Wildman–Crippen MR) is 128 cm³/mol. The van der Waals surface area contributed by atoms with E-state index in [1.165, 1.54) is 0 Å². The van der Waals surface area contributed by atoms with E-state index in [0.717, 1.165) is 18.4 Å². The fourth-order valence-corrected chi connectivity index (χ4v) is 3.66. The van der Waals surface area contributed by atoms with Crippen LogP contribution in [0, 0.1) is 0 Å². The number of hydrogen-bond acceptors (Lipinski definition) is 4. The van der Waals surface area contributed by atoms with Crippen molar-refractivity contribution in [2.24, 2.45) is 0 Å². The number of carbonyl (C=O) groups is 2. The summed E-state index contributed by atoms with van der Waals surface area (Å²) in [5, 5.41) is 0. The van der Waals surface area contributed by atoms with Gasteiger partial charge in [-0.05, 0) is 49.6 Å². The summed E-state index contributed by atoms with van der Waals surface area (Å²) in [6.07, 6.45) is 3.05. The Balaban J connectivity index is 1.80. The first-order valence-electron chi connectivity index (χ1n) is 11.3. The average molecular weight is 449 g/mol. The van der Waals surface area contributed by atoms with E-state index in [2.05, 4.69) is 0 Å². The Kier molecular flexibility index (Phi) is 8.70. The van der Waals surface area contributed by atoms with E-state index >= 15 is 0 Å². The summed E-state index contributed by atoms with van der Waals surface area (Å²) in [5.74, 6) is 0.879. The van der Waals surface area contributed by atoms with Crippen molar-refractivity contribution in [3.8, 4) is 5.75 Å². The molecule has 3 aromatic rings. The fraction of sp³-hybridized carbons (Fsp3) is 0.333. The third-order valence-electron chi connectivity index (χ3n) is 5.82. The Morgan fingerprint density at radius 2 is 1.73 bits per heavy atom. The number of methoxy groups -OCH3 is 1. The molecule has 6 nitrogen and oxygen atoms in total. The molecule has 0 N–H and O–H groups in total. The van der Waals surface area contributed by atoms with Crippen LogP contribution in [0.4, 0.5) is 0 Å². The molecule has 0 fully saturated rings. The van der Waals surface area contributed by atoms with Gasteiger partial charge in [-0.1, -0.05) is 49.4 Å². The molecule has 0 bridgehead atoms. The summed E-state index contributed by atoms with van der Waals surface area (Å²) in [7, 11) is 1.54. The lowest BCUT2D eigenvalue weighted by atomic mass is 10.1. The van der Waals surface area contributed by atoms with Crippen LogP contribution in [0.1, 0.15) is 41.9 Å². The summed E-state index contributed by atoms with van der Waals surface area (Å²) in [5.41, 5.74) is 1.61. The minimum Gasteiger partial charge on any atom is -0.496 e. The fourth-order valence-electron chi connectivity index (χ4n) is 3.66. The topological polar surface area (TPSA) is 63.0 Å². The number of amides is 2. The number of carbonyl (C=O) groups excluding carboxylic acids is 2. The van der Waals surface area contributed by atoms with Gasteiger partial charge in [-0.25, -0.2) is 0 Å². The van der Waals surface area contributed by atoms with Gasteiger partial charge in [0.2, 0.25) is 5.91 Å². The van der Waals surface area contributed by atoms with Crippen molar-refractivity contribution in [1.82, 2.24) is 9.80 Å². The molecule has 33 heavy (non-hydrogen) atoms. The van der Waals surface area contributed by atoms with E-state index < -0.39 is 0 Å². The number of hydrogen-bond donors (Lipinski definition) is 0. The van der Waals surface area contributed by atoms with E-state index in [1.807, 2.05) is 62.4 Å². The van der Waals surface area contributed by atoms with Crippen LogP contribution in [0.3, 0.4) is 0 Å². The number of benzene rings is 2. The van der Waals surface area contributed by atoms with Gasteiger partial charge in [0.05, 0.1) is 25.5 Å². The van der Waals surface area contributed by atoms with E-state index in [4.69, 9.17) is 9.15 Å². The third-order valence-corrected chi connectivity index (χ3v) is 5.82. The smallest absolute Gasteiger partial charge is 0.258 e. The summed E-state index contributed by atoms with van der Waals surface area (Å²) in [4.78, 5) is 30.3. The SMILES string of the molecule is CC[C@@H](C)N(CC(=O)N(CCc1ccccc1)Cc1ccco1)C(=O)c1ccccc1OC. The largest absolute Gasteiger partial charge is 0.496 e. The number of ether oxygens (including phenoxy) is 1. The molecule has 0 saturated heterocycles. The van der Waals surface area contributed by atoms with Crippen molar-refractivity contribution < 1.29 is 18.7 Å². The van der Waals surface area contributed by atoms with E-state index in [0.29, 0.717) is 30.2 Å². The van der Waals surface area contributed by atoms with Crippen LogP contribution in [0.2, 0.25) is 0 Å². The van der Waals surface area contributed by atoms with Crippen LogP contribution in [-0.2, 0) is 17.8 Å². The quantitative estimate of drug-likeness (QED) is 0.423. The molecule has 6 heteroatoms. The zero-order valence-corrected chi connectivity index (χ0v) is 19.6. The van der Waals surface area contributed by atoms with Crippen molar-refractivity contribution in [1.29, 1.82) is 0 Å². The second-order valence-corrected chi connectivity index (χ2v) is 8.02. The van der Waals surface area contributed by atoms with Crippen molar-refractivity contribution in [2.75, 3.05) is 20.2 Å². The molecule has 1 heterocycles. The van der Waals surface area contributed by atoms with Gasteiger partial charge in [0, 0.05) is 12.6 Å². The Morgan fingerprint density at radius 3 is 2.39 bits per heavy atom. The lowest BCUT2D eigenvalue weighted by Crippen LogP contribution is -2.46. The molecule has 0 aliphatic heterocycles. The average Bonchev–Trinajstić information content (AvgIpc) is 3.37. The molecule has 0 spiro atoms. The second kappa shape index (κ2) is 11.9. The highest BCUT2D eigenvalue weighted by Gasteiger charge is 2.27. The van der Waals surface area contributed by atoms with Gasteiger partial charge >= 0.3 is 0 Å². The maximum Gasteiger partial charge on any atom is 0.258 e. The summed E-state index contributed by atoms with van der Waals surface area (Å²) < 4.78 is 10.9. The molecule has 174 valence electrons. The van der Waals surface area contributed by atoms with Crippen LogP contribution in [-0.4, -0.2) is 47.9 Å². The number of furan rings is 1. The molecule has 3 rings (SSSR count). The zero-order chi connectivity index (χ0) is 23.6. The van der Waals surface area contributed by atoms with E-state index in [1.54, 1.807) is 41.4 Å². The van der Waals surface area contributed by atoms with Crippen molar-refractivity contribution in [3.05, 3.63) is 89.9 Å². The molecule has 0 aliphatic carbocycles. The number of nitrogens with zero attached hydrogens (tertiary/aromatic N) is 2. The van der Waals surface area contributed by atoms with Gasteiger partial charge in [-0.3, -0.25) is 9.59 Å². The first-order valence-corrected chi connectivity index (χ1v) is 11.3. The highest BCUT2D eigenvalue weighted by molar-refractivity contribution is 5.99. The first kappa shape index (κ1) is 24.1. The highest BCUT2D eigenvalue weighted by atomic mass is 16.5. The second-order valence-electron chi connectivity index (χ2n) is 8.02. The molecule has 0 radical (unpaired) electrons. The lowest BCUT2D eigenvalue weighted by molar-refractivity contribution is -0.133. The monoisotopic (exact) mass is 448 g/mol. The Morgan fingerprint density at radius 1 is 1.00 bits per heavy atom. The van der Waals surface area contributed by atoms with Gasteiger partial charge < -0.3 is 19.0 Å². The Labute approximate surface area is 195 Å². The van der Waals surface area contributed by atoms with Crippen molar-refractivity contribution in [3.63, 3.8) is 0 Å². The number of para-hydroxylation sites is 1. The first-order chi connectivity index (χ1) is 16.0. The maximum absolute atomic E-state index is 13.5.